The van der Waals surface area contributed by atoms with Gasteiger partial charge in [-0.15, -0.1) is 0 Å². The lowest BCUT2D eigenvalue weighted by atomic mass is 10.4. The molecule has 1 heterocycles. The zero-order chi connectivity index (χ0) is 10.6. The number of rotatable bonds is 5. The highest BCUT2D eigenvalue weighted by Crippen LogP contribution is 2.10. The maximum absolute atomic E-state index is 5.42. The van der Waals surface area contributed by atoms with Crippen LogP contribution in [0, 0.1) is 6.92 Å². The summed E-state index contributed by atoms with van der Waals surface area (Å²) in [6.07, 6.45) is 2.27. The quantitative estimate of drug-likeness (QED) is 0.728. The summed E-state index contributed by atoms with van der Waals surface area (Å²) in [6, 6.07) is 0. The zero-order valence-corrected chi connectivity index (χ0v) is 9.37. The Labute approximate surface area is 85.3 Å². The van der Waals surface area contributed by atoms with Crippen molar-refractivity contribution in [3.63, 3.8) is 0 Å². The van der Waals surface area contributed by atoms with E-state index in [-0.39, 0.29) is 0 Å². The monoisotopic (exact) mass is 197 g/mol. The molecule has 0 radical (unpaired) electrons. The topological polar surface area (TPSA) is 39.1 Å². The third-order valence-electron chi connectivity index (χ3n) is 1.88. The van der Waals surface area contributed by atoms with Gasteiger partial charge in [-0.25, -0.2) is 0 Å². The lowest BCUT2D eigenvalue weighted by Crippen LogP contribution is -2.13. The predicted molar refractivity (Wildman–Crippen MR) is 57.5 cm³/mol. The van der Waals surface area contributed by atoms with Crippen molar-refractivity contribution in [3.05, 3.63) is 11.9 Å². The summed E-state index contributed by atoms with van der Waals surface area (Å²) in [5.74, 6) is 0. The lowest BCUT2D eigenvalue weighted by molar-refractivity contribution is 0.0870. The zero-order valence-electron chi connectivity index (χ0n) is 9.37. The fraction of sp³-hybridized carbons (Fsp3) is 0.700. The third kappa shape index (κ3) is 3.38. The van der Waals surface area contributed by atoms with E-state index < -0.39 is 0 Å². The van der Waals surface area contributed by atoms with Gasteiger partial charge in [0.15, 0.2) is 0 Å². The molecule has 1 aromatic rings. The Morgan fingerprint density at radius 3 is 2.79 bits per heavy atom. The Hall–Kier alpha value is -1.03. The minimum Gasteiger partial charge on any atom is -0.380 e. The van der Waals surface area contributed by atoms with Crippen molar-refractivity contribution in [1.29, 1.82) is 0 Å². The van der Waals surface area contributed by atoms with Gasteiger partial charge in [-0.3, -0.25) is 4.68 Å². The van der Waals surface area contributed by atoms with Crippen LogP contribution in [-0.2, 0) is 11.8 Å². The van der Waals surface area contributed by atoms with Crippen LogP contribution in [0.25, 0.3) is 0 Å². The normalized spacial score (nSPS) is 10.9. The maximum Gasteiger partial charge on any atom is 0.0824 e. The van der Waals surface area contributed by atoms with E-state index in [4.69, 9.17) is 4.74 Å². The van der Waals surface area contributed by atoms with Gasteiger partial charge in [-0.05, 0) is 20.8 Å². The first-order chi connectivity index (χ1) is 6.59. The highest BCUT2D eigenvalue weighted by molar-refractivity contribution is 5.45. The third-order valence-corrected chi connectivity index (χ3v) is 1.88. The van der Waals surface area contributed by atoms with E-state index in [2.05, 4.69) is 10.4 Å². The summed E-state index contributed by atoms with van der Waals surface area (Å²) in [6.45, 7) is 7.62. The Balaban J connectivity index is 2.28. The number of hydrogen-bond acceptors (Lipinski definition) is 3. The highest BCUT2D eigenvalue weighted by atomic mass is 16.5. The van der Waals surface area contributed by atoms with E-state index in [1.54, 1.807) is 4.68 Å². The lowest BCUT2D eigenvalue weighted by Gasteiger charge is -2.08. The van der Waals surface area contributed by atoms with E-state index in [1.807, 2.05) is 34.0 Å². The predicted octanol–water partition coefficient (Wildman–Crippen LogP) is 1.57. The standard InChI is InChI=1S/C10H19N3O/c1-8(2)14-6-5-11-10-7-13(4)12-9(10)3/h7-8,11H,5-6H2,1-4H3. The van der Waals surface area contributed by atoms with E-state index in [9.17, 15) is 0 Å². The summed E-state index contributed by atoms with van der Waals surface area (Å²) in [4.78, 5) is 0. The van der Waals surface area contributed by atoms with Gasteiger partial charge in [0.1, 0.15) is 0 Å². The SMILES string of the molecule is Cc1nn(C)cc1NCCOC(C)C. The van der Waals surface area contributed by atoms with E-state index in [0.29, 0.717) is 6.10 Å². The van der Waals surface area contributed by atoms with Gasteiger partial charge in [0.25, 0.3) is 0 Å². The number of aromatic nitrogens is 2. The van der Waals surface area contributed by atoms with Crippen LogP contribution in [0.1, 0.15) is 19.5 Å². The molecule has 4 nitrogen and oxygen atoms in total. The summed E-state index contributed by atoms with van der Waals surface area (Å²) in [5, 5.41) is 7.52. The fourth-order valence-corrected chi connectivity index (χ4v) is 1.25. The molecule has 0 aliphatic rings. The van der Waals surface area contributed by atoms with Crippen LogP contribution in [-0.4, -0.2) is 29.0 Å². The Bertz CT molecular complexity index is 281. The van der Waals surface area contributed by atoms with Crippen molar-refractivity contribution in [1.82, 2.24) is 9.78 Å². The molecule has 0 aliphatic carbocycles. The van der Waals surface area contributed by atoms with Crippen molar-refractivity contribution in [2.24, 2.45) is 7.05 Å². The second-order valence-electron chi connectivity index (χ2n) is 3.65. The van der Waals surface area contributed by atoms with Gasteiger partial charge in [0.2, 0.25) is 0 Å². The summed E-state index contributed by atoms with van der Waals surface area (Å²) in [5.41, 5.74) is 2.11. The van der Waals surface area contributed by atoms with Gasteiger partial charge in [0.05, 0.1) is 24.1 Å². The molecule has 0 fully saturated rings. The molecule has 0 unspecified atom stereocenters. The second kappa shape index (κ2) is 5.00. The minimum absolute atomic E-state index is 0.298. The molecule has 0 bridgehead atoms. The van der Waals surface area contributed by atoms with Gasteiger partial charge in [0, 0.05) is 19.8 Å². The van der Waals surface area contributed by atoms with Crippen LogP contribution in [0.5, 0.6) is 0 Å². The molecule has 0 saturated heterocycles. The van der Waals surface area contributed by atoms with E-state index in [0.717, 1.165) is 24.5 Å². The Kier molecular flexibility index (Phi) is 3.95. The molecule has 0 aromatic carbocycles. The van der Waals surface area contributed by atoms with Gasteiger partial charge in [-0.1, -0.05) is 0 Å². The van der Waals surface area contributed by atoms with Crippen LogP contribution in [0.2, 0.25) is 0 Å². The molecule has 1 aromatic heterocycles. The number of aryl methyl sites for hydroxylation is 2. The average Bonchev–Trinajstić information content (AvgIpc) is 2.39. The Morgan fingerprint density at radius 1 is 1.57 bits per heavy atom. The van der Waals surface area contributed by atoms with Crippen molar-refractivity contribution in [2.45, 2.75) is 26.9 Å². The second-order valence-corrected chi connectivity index (χ2v) is 3.65. The molecular weight excluding hydrogens is 178 g/mol. The van der Waals surface area contributed by atoms with Gasteiger partial charge in [-0.2, -0.15) is 5.10 Å². The fourth-order valence-electron chi connectivity index (χ4n) is 1.25. The van der Waals surface area contributed by atoms with Gasteiger partial charge < -0.3 is 10.1 Å². The molecule has 0 atom stereocenters. The highest BCUT2D eigenvalue weighted by Gasteiger charge is 2.01. The largest absolute Gasteiger partial charge is 0.380 e. The number of anilines is 1. The molecular formula is C10H19N3O. The van der Waals surface area contributed by atoms with Crippen LogP contribution in [0.4, 0.5) is 5.69 Å². The molecule has 4 heteroatoms. The van der Waals surface area contributed by atoms with Crippen LogP contribution >= 0.6 is 0 Å². The van der Waals surface area contributed by atoms with Crippen LogP contribution < -0.4 is 5.32 Å². The summed E-state index contributed by atoms with van der Waals surface area (Å²) < 4.78 is 7.23. The van der Waals surface area contributed by atoms with Crippen molar-refractivity contribution in [2.75, 3.05) is 18.5 Å². The number of hydrogen-bond donors (Lipinski definition) is 1. The molecule has 80 valence electrons. The van der Waals surface area contributed by atoms with Crippen LogP contribution in [0.15, 0.2) is 6.20 Å². The Morgan fingerprint density at radius 2 is 2.29 bits per heavy atom. The number of nitrogens with zero attached hydrogens (tertiary/aromatic N) is 2. The number of ether oxygens (including phenoxy) is 1. The first-order valence-corrected chi connectivity index (χ1v) is 4.95. The van der Waals surface area contributed by atoms with E-state index >= 15 is 0 Å². The van der Waals surface area contributed by atoms with Crippen molar-refractivity contribution >= 4 is 5.69 Å². The summed E-state index contributed by atoms with van der Waals surface area (Å²) in [7, 11) is 1.92. The van der Waals surface area contributed by atoms with E-state index in [1.165, 1.54) is 0 Å². The van der Waals surface area contributed by atoms with Crippen molar-refractivity contribution < 1.29 is 4.74 Å². The summed E-state index contributed by atoms with van der Waals surface area (Å²) >= 11 is 0. The molecule has 14 heavy (non-hydrogen) atoms. The number of nitrogens with one attached hydrogen (secondary N) is 1. The molecule has 0 saturated carbocycles. The average molecular weight is 197 g/mol. The molecule has 1 rings (SSSR count). The smallest absolute Gasteiger partial charge is 0.0824 e. The first-order valence-electron chi connectivity index (χ1n) is 4.95. The molecule has 0 amide bonds. The van der Waals surface area contributed by atoms with Crippen molar-refractivity contribution in [3.8, 4) is 0 Å². The first kappa shape index (κ1) is 11.0. The van der Waals surface area contributed by atoms with Gasteiger partial charge >= 0.3 is 0 Å². The molecule has 1 N–H and O–H groups in total. The van der Waals surface area contributed by atoms with Crippen LogP contribution in [0.3, 0.4) is 0 Å². The molecule has 0 aliphatic heterocycles. The molecule has 0 spiro atoms. The maximum atomic E-state index is 5.42. The minimum atomic E-state index is 0.298.